The number of fused-ring (bicyclic) bond motifs is 1. The van der Waals surface area contributed by atoms with E-state index in [0.29, 0.717) is 16.8 Å². The molecular formula is C39H35N3O4. The number of carbonyl (C=O) groups is 2. The van der Waals surface area contributed by atoms with Crippen LogP contribution < -0.4 is 5.32 Å². The van der Waals surface area contributed by atoms with Gasteiger partial charge in [-0.05, 0) is 58.1 Å². The highest BCUT2D eigenvalue weighted by Gasteiger charge is 2.42. The summed E-state index contributed by atoms with van der Waals surface area (Å²) >= 11 is 0. The Bertz CT molecular complexity index is 1880. The Morgan fingerprint density at radius 3 is 1.85 bits per heavy atom. The molecule has 5 aromatic carbocycles. The minimum atomic E-state index is -1.82. The van der Waals surface area contributed by atoms with Gasteiger partial charge in [0.15, 0.2) is 0 Å². The van der Waals surface area contributed by atoms with Crippen molar-refractivity contribution in [3.63, 3.8) is 0 Å². The summed E-state index contributed by atoms with van der Waals surface area (Å²) in [7, 11) is 1.59. The number of amides is 1. The molecule has 1 aromatic heterocycles. The van der Waals surface area contributed by atoms with Crippen molar-refractivity contribution in [1.29, 1.82) is 0 Å². The lowest BCUT2D eigenvalue weighted by Gasteiger charge is -2.37. The van der Waals surface area contributed by atoms with Gasteiger partial charge >= 0.3 is 5.97 Å². The number of aromatic nitrogens is 2. The van der Waals surface area contributed by atoms with Crippen LogP contribution in [0.5, 0.6) is 0 Å². The van der Waals surface area contributed by atoms with Crippen LogP contribution in [-0.4, -0.2) is 40.2 Å². The number of carbonyl (C=O) groups excluding carboxylic acids is 2. The summed E-state index contributed by atoms with van der Waals surface area (Å²) in [6.45, 7) is 1.92. The van der Waals surface area contributed by atoms with Crippen LogP contribution in [0, 0.1) is 0 Å². The maximum absolute atomic E-state index is 13.0. The summed E-state index contributed by atoms with van der Waals surface area (Å²) in [5.41, 5.74) is 1.65. The van der Waals surface area contributed by atoms with Crippen LogP contribution in [0.1, 0.15) is 51.7 Å². The number of ether oxygens (including phenoxy) is 1. The van der Waals surface area contributed by atoms with Crippen LogP contribution in [0.25, 0.3) is 10.8 Å². The van der Waals surface area contributed by atoms with E-state index in [9.17, 15) is 14.7 Å². The van der Waals surface area contributed by atoms with Crippen LogP contribution in [0.15, 0.2) is 140 Å². The second-order valence-corrected chi connectivity index (χ2v) is 11.2. The molecule has 0 radical (unpaired) electrons. The predicted octanol–water partition coefficient (Wildman–Crippen LogP) is 6.43. The molecule has 0 unspecified atom stereocenters. The van der Waals surface area contributed by atoms with Gasteiger partial charge in [0.25, 0.3) is 5.91 Å². The number of aliphatic hydroxyl groups is 1. The average Bonchev–Trinajstić information content (AvgIpc) is 3.61. The minimum Gasteiger partial charge on any atom is -0.466 e. The van der Waals surface area contributed by atoms with Crippen molar-refractivity contribution >= 4 is 22.6 Å². The first kappa shape index (κ1) is 30.5. The molecule has 0 saturated heterocycles. The van der Waals surface area contributed by atoms with Gasteiger partial charge in [0.1, 0.15) is 11.1 Å². The van der Waals surface area contributed by atoms with E-state index >= 15 is 0 Å². The molecule has 0 aliphatic rings. The Balaban J connectivity index is 1.56. The van der Waals surface area contributed by atoms with Gasteiger partial charge in [-0.15, -0.1) is 0 Å². The van der Waals surface area contributed by atoms with Gasteiger partial charge in [0.2, 0.25) is 0 Å². The molecule has 46 heavy (non-hydrogen) atoms. The van der Waals surface area contributed by atoms with E-state index in [2.05, 4.69) is 41.7 Å². The van der Waals surface area contributed by atoms with E-state index < -0.39 is 17.1 Å². The Morgan fingerprint density at radius 2 is 1.30 bits per heavy atom. The topological polar surface area (TPSA) is 93.5 Å². The summed E-state index contributed by atoms with van der Waals surface area (Å²) in [6, 6.07) is 41.3. The van der Waals surface area contributed by atoms with Gasteiger partial charge in [-0.1, -0.05) is 109 Å². The standard InChI is InChI=1S/C39H35N3O4/c1-3-46-36(43)25-38(45,34-22-21-28-23-30(37(44)40-2)20-19-29(28)24-34)35-26-42(27-41-35)39(31-13-7-4-8-14-31,32-15-9-5-10-16-32)33-17-11-6-12-18-33/h4-24,26-27,45H,3,25H2,1-2H3,(H,40,44)/t38-/m0/s1. The first-order valence-electron chi connectivity index (χ1n) is 15.3. The summed E-state index contributed by atoms with van der Waals surface area (Å²) in [5.74, 6) is -0.732. The molecule has 0 aliphatic heterocycles. The van der Waals surface area contributed by atoms with Gasteiger partial charge in [0.05, 0.1) is 25.0 Å². The minimum absolute atomic E-state index is 0.183. The number of nitrogens with one attached hydrogen (secondary N) is 1. The number of hydrogen-bond acceptors (Lipinski definition) is 5. The molecule has 0 spiro atoms. The summed E-state index contributed by atoms with van der Waals surface area (Å²) in [6.07, 6.45) is 3.20. The van der Waals surface area contributed by atoms with Crippen molar-refractivity contribution in [3.05, 3.63) is 173 Å². The second-order valence-electron chi connectivity index (χ2n) is 11.2. The van der Waals surface area contributed by atoms with Gasteiger partial charge < -0.3 is 19.7 Å². The van der Waals surface area contributed by atoms with Crippen molar-refractivity contribution in [2.45, 2.75) is 24.5 Å². The summed E-state index contributed by atoms with van der Waals surface area (Å²) < 4.78 is 7.34. The van der Waals surface area contributed by atoms with E-state index in [0.717, 1.165) is 27.5 Å². The second kappa shape index (κ2) is 12.8. The van der Waals surface area contributed by atoms with Crippen molar-refractivity contribution in [3.8, 4) is 0 Å². The van der Waals surface area contributed by atoms with Crippen LogP contribution >= 0.6 is 0 Å². The maximum Gasteiger partial charge on any atom is 0.309 e. The lowest BCUT2D eigenvalue weighted by atomic mass is 9.76. The zero-order chi connectivity index (χ0) is 32.1. The molecule has 6 aromatic rings. The largest absolute Gasteiger partial charge is 0.466 e. The Hall–Kier alpha value is -5.53. The monoisotopic (exact) mass is 609 g/mol. The number of rotatable bonds is 10. The highest BCUT2D eigenvalue weighted by Crippen LogP contribution is 2.42. The highest BCUT2D eigenvalue weighted by molar-refractivity contribution is 5.98. The van der Waals surface area contributed by atoms with E-state index in [1.165, 1.54) is 0 Å². The number of benzene rings is 5. The molecule has 1 heterocycles. The zero-order valence-electron chi connectivity index (χ0n) is 25.8. The predicted molar refractivity (Wildman–Crippen MR) is 178 cm³/mol. The third-order valence-electron chi connectivity index (χ3n) is 8.48. The molecule has 7 heteroatoms. The van der Waals surface area contributed by atoms with E-state index in [1.54, 1.807) is 38.5 Å². The SMILES string of the molecule is CCOC(=O)C[C@](O)(c1ccc2cc(C(=O)NC)ccc2c1)c1cn(C(c2ccccc2)(c2ccccc2)c2ccccc2)cn1. The fraction of sp³-hybridized carbons (Fsp3) is 0.154. The van der Waals surface area contributed by atoms with Crippen molar-refractivity contribution in [2.75, 3.05) is 13.7 Å². The quantitative estimate of drug-likeness (QED) is 0.138. The first-order valence-corrected chi connectivity index (χ1v) is 15.3. The average molecular weight is 610 g/mol. The normalized spacial score (nSPS) is 12.8. The molecule has 0 aliphatic carbocycles. The maximum atomic E-state index is 13.0. The third-order valence-corrected chi connectivity index (χ3v) is 8.48. The molecule has 7 nitrogen and oxygen atoms in total. The molecule has 2 N–H and O–H groups in total. The third kappa shape index (κ3) is 5.46. The van der Waals surface area contributed by atoms with E-state index in [4.69, 9.17) is 9.72 Å². The van der Waals surface area contributed by atoms with E-state index in [1.807, 2.05) is 83.6 Å². The van der Waals surface area contributed by atoms with Crippen LogP contribution in [0.2, 0.25) is 0 Å². The lowest BCUT2D eigenvalue weighted by Crippen LogP contribution is -2.37. The van der Waals surface area contributed by atoms with E-state index in [-0.39, 0.29) is 18.9 Å². The van der Waals surface area contributed by atoms with Crippen LogP contribution in [-0.2, 0) is 20.7 Å². The molecule has 230 valence electrons. The number of imidazole rings is 1. The molecule has 0 bridgehead atoms. The summed E-state index contributed by atoms with van der Waals surface area (Å²) in [5, 5.41) is 16.8. The van der Waals surface area contributed by atoms with Crippen molar-refractivity contribution < 1.29 is 19.4 Å². The van der Waals surface area contributed by atoms with Gasteiger partial charge in [-0.25, -0.2) is 4.98 Å². The van der Waals surface area contributed by atoms with Crippen molar-refractivity contribution in [2.24, 2.45) is 0 Å². The number of nitrogens with zero attached hydrogens (tertiary/aromatic N) is 2. The molecule has 0 saturated carbocycles. The fourth-order valence-electron chi connectivity index (χ4n) is 6.26. The Labute approximate surface area is 268 Å². The summed E-state index contributed by atoms with van der Waals surface area (Å²) in [4.78, 5) is 30.1. The van der Waals surface area contributed by atoms with Gasteiger partial charge in [0, 0.05) is 18.8 Å². The van der Waals surface area contributed by atoms with Gasteiger partial charge in [-0.3, -0.25) is 9.59 Å². The lowest BCUT2D eigenvalue weighted by molar-refractivity contribution is -0.147. The van der Waals surface area contributed by atoms with Gasteiger partial charge in [-0.2, -0.15) is 0 Å². The molecule has 1 atom stereocenters. The zero-order valence-corrected chi connectivity index (χ0v) is 25.8. The first-order chi connectivity index (χ1) is 22.4. The van der Waals surface area contributed by atoms with Crippen molar-refractivity contribution in [1.82, 2.24) is 14.9 Å². The Morgan fingerprint density at radius 1 is 0.761 bits per heavy atom. The molecule has 0 fully saturated rings. The van der Waals surface area contributed by atoms with Crippen LogP contribution in [0.4, 0.5) is 0 Å². The number of esters is 1. The fourth-order valence-corrected chi connectivity index (χ4v) is 6.26. The smallest absolute Gasteiger partial charge is 0.309 e. The molecule has 1 amide bonds. The highest BCUT2D eigenvalue weighted by atomic mass is 16.5. The molecular weight excluding hydrogens is 574 g/mol. The molecule has 6 rings (SSSR count). The van der Waals surface area contributed by atoms with Crippen LogP contribution in [0.3, 0.4) is 0 Å². The Kier molecular flexibility index (Phi) is 8.51. The number of hydrogen-bond donors (Lipinski definition) is 2.